The number of hydrogen-bond acceptors (Lipinski definition) is 5. The Morgan fingerprint density at radius 3 is 2.14 bits per heavy atom. The number of hydrogen-bond donors (Lipinski definition) is 2. The molecule has 6 nitrogen and oxygen atoms in total. The van der Waals surface area contributed by atoms with E-state index in [4.69, 9.17) is 11.0 Å². The molecule has 3 N–H and O–H groups in total. The molecule has 0 aliphatic carbocycles. The molecule has 176 valence electrons. The monoisotopic (exact) mass is 463 g/mol. The van der Waals surface area contributed by atoms with Gasteiger partial charge in [-0.3, -0.25) is 4.79 Å². The Balaban J connectivity index is 0.000000241. The Labute approximate surface area is 206 Å². The number of carbonyl (C=O) groups is 1. The molecule has 4 rings (SSSR count). The molecule has 1 atom stereocenters. The third-order valence-electron chi connectivity index (χ3n) is 5.45. The Bertz CT molecular complexity index is 1250. The van der Waals surface area contributed by atoms with E-state index in [0.717, 1.165) is 28.2 Å². The second-order valence-electron chi connectivity index (χ2n) is 8.18. The Morgan fingerprint density at radius 1 is 0.943 bits per heavy atom. The van der Waals surface area contributed by atoms with E-state index in [2.05, 4.69) is 28.3 Å². The van der Waals surface area contributed by atoms with E-state index in [0.29, 0.717) is 24.4 Å². The van der Waals surface area contributed by atoms with Gasteiger partial charge in [-0.1, -0.05) is 61.5 Å². The van der Waals surface area contributed by atoms with Crippen LogP contribution in [0.2, 0.25) is 0 Å². The fourth-order valence-electron chi connectivity index (χ4n) is 3.30. The van der Waals surface area contributed by atoms with E-state index in [1.165, 1.54) is 5.56 Å². The average Bonchev–Trinajstić information content (AvgIpc) is 2.90. The summed E-state index contributed by atoms with van der Waals surface area (Å²) < 4.78 is 0. The number of nitrogens with zero attached hydrogens (tertiary/aromatic N) is 3. The fourth-order valence-corrected chi connectivity index (χ4v) is 3.30. The molecule has 1 unspecified atom stereocenters. The van der Waals surface area contributed by atoms with Crippen molar-refractivity contribution in [3.63, 3.8) is 0 Å². The van der Waals surface area contributed by atoms with Gasteiger partial charge in [-0.25, -0.2) is 9.97 Å². The first-order valence-corrected chi connectivity index (χ1v) is 11.4. The molecule has 1 heterocycles. The normalized spacial score (nSPS) is 10.9. The maximum atomic E-state index is 12.0. The maximum absolute atomic E-state index is 12.0. The van der Waals surface area contributed by atoms with Crippen LogP contribution < -0.4 is 11.1 Å². The van der Waals surface area contributed by atoms with Gasteiger partial charge >= 0.3 is 0 Å². The van der Waals surface area contributed by atoms with Crippen molar-refractivity contribution in [3.8, 4) is 17.2 Å². The predicted octanol–water partition coefficient (Wildman–Crippen LogP) is 5.25. The van der Waals surface area contributed by atoms with Crippen molar-refractivity contribution in [3.05, 3.63) is 114 Å². The largest absolute Gasteiger partial charge is 0.330 e. The lowest BCUT2D eigenvalue weighted by molar-refractivity contribution is -0.115. The van der Waals surface area contributed by atoms with Gasteiger partial charge in [0.05, 0.1) is 18.1 Å². The number of nitriles is 1. The topological polar surface area (TPSA) is 105 Å². The number of nitrogens with one attached hydrogen (secondary N) is 1. The lowest BCUT2D eigenvalue weighted by atomic mass is 10.0. The third-order valence-corrected chi connectivity index (χ3v) is 5.45. The van der Waals surface area contributed by atoms with Gasteiger partial charge in [0, 0.05) is 23.6 Å². The van der Waals surface area contributed by atoms with Crippen LogP contribution in [0.4, 0.5) is 5.69 Å². The number of rotatable bonds is 6. The maximum Gasteiger partial charge on any atom is 0.228 e. The molecule has 0 bridgehead atoms. The van der Waals surface area contributed by atoms with Crippen LogP contribution in [0.25, 0.3) is 11.1 Å². The fraction of sp³-hybridized carbons (Fsp3) is 0.172. The first kappa shape index (κ1) is 25.3. The zero-order chi connectivity index (χ0) is 25.0. The van der Waals surface area contributed by atoms with Gasteiger partial charge in [0.1, 0.15) is 5.82 Å². The van der Waals surface area contributed by atoms with Crippen molar-refractivity contribution >= 4 is 11.6 Å². The summed E-state index contributed by atoms with van der Waals surface area (Å²) in [5.74, 6) is 1.10. The Morgan fingerprint density at radius 2 is 1.57 bits per heavy atom. The lowest BCUT2D eigenvalue weighted by Crippen LogP contribution is -2.14. The Hall–Kier alpha value is -4.34. The predicted molar refractivity (Wildman–Crippen MR) is 140 cm³/mol. The van der Waals surface area contributed by atoms with Crippen molar-refractivity contribution in [1.29, 1.82) is 5.26 Å². The molecule has 0 spiro atoms. The number of amides is 1. The summed E-state index contributed by atoms with van der Waals surface area (Å²) in [7, 11) is 0. The van der Waals surface area contributed by atoms with Gasteiger partial charge in [-0.05, 0) is 60.3 Å². The van der Waals surface area contributed by atoms with Crippen molar-refractivity contribution in [2.45, 2.75) is 26.2 Å². The molecule has 0 saturated carbocycles. The van der Waals surface area contributed by atoms with Crippen LogP contribution in [0, 0.1) is 18.3 Å². The van der Waals surface area contributed by atoms with E-state index in [1.54, 1.807) is 12.4 Å². The molecule has 0 fully saturated rings. The molecular formula is C29H29N5O. The number of nitrogens with two attached hydrogens (primary N) is 1. The molecule has 0 aliphatic rings. The first-order valence-electron chi connectivity index (χ1n) is 11.4. The number of aromatic nitrogens is 2. The summed E-state index contributed by atoms with van der Waals surface area (Å²) in [5, 5.41) is 11.5. The van der Waals surface area contributed by atoms with Crippen LogP contribution in [-0.2, 0) is 11.2 Å². The minimum Gasteiger partial charge on any atom is -0.330 e. The SMILES string of the molecule is CC(CN)c1ccc(C#N)cc1.Cc1ncc(-c2ccc(NC(=O)Cc3ccccc3)cc2)cn1. The van der Waals surface area contributed by atoms with Crippen LogP contribution in [0.5, 0.6) is 0 Å². The van der Waals surface area contributed by atoms with Crippen LogP contribution in [0.15, 0.2) is 91.3 Å². The van der Waals surface area contributed by atoms with E-state index >= 15 is 0 Å². The summed E-state index contributed by atoms with van der Waals surface area (Å²) in [6.45, 7) is 4.57. The smallest absolute Gasteiger partial charge is 0.228 e. The highest BCUT2D eigenvalue weighted by molar-refractivity contribution is 5.92. The number of benzene rings is 3. The highest BCUT2D eigenvalue weighted by Gasteiger charge is 2.05. The van der Waals surface area contributed by atoms with Crippen LogP contribution in [-0.4, -0.2) is 22.4 Å². The van der Waals surface area contributed by atoms with Crippen LogP contribution in [0.3, 0.4) is 0 Å². The molecule has 0 saturated heterocycles. The second kappa shape index (κ2) is 12.8. The molecule has 1 aromatic heterocycles. The van der Waals surface area contributed by atoms with Gasteiger partial charge in [-0.15, -0.1) is 0 Å². The van der Waals surface area contributed by atoms with E-state index in [-0.39, 0.29) is 5.91 Å². The van der Waals surface area contributed by atoms with Gasteiger partial charge in [-0.2, -0.15) is 5.26 Å². The van der Waals surface area contributed by atoms with Crippen molar-refractivity contribution in [2.75, 3.05) is 11.9 Å². The molecule has 6 heteroatoms. The van der Waals surface area contributed by atoms with E-state index in [9.17, 15) is 4.79 Å². The highest BCUT2D eigenvalue weighted by atomic mass is 16.1. The van der Waals surface area contributed by atoms with Gasteiger partial charge in [0.2, 0.25) is 5.91 Å². The molecule has 4 aromatic rings. The summed E-state index contributed by atoms with van der Waals surface area (Å²) in [4.78, 5) is 20.4. The molecule has 3 aromatic carbocycles. The van der Waals surface area contributed by atoms with Gasteiger partial charge < -0.3 is 11.1 Å². The Kier molecular flexibility index (Phi) is 9.23. The minimum atomic E-state index is -0.0254. The minimum absolute atomic E-state index is 0.0254. The second-order valence-corrected chi connectivity index (χ2v) is 8.18. The summed E-state index contributed by atoms with van der Waals surface area (Å²) in [6, 6.07) is 27.0. The van der Waals surface area contributed by atoms with E-state index < -0.39 is 0 Å². The standard InChI is InChI=1S/C19H17N3O.C10H12N2/c1-14-20-12-17(13-21-14)16-7-9-18(10-8-16)22-19(23)11-15-5-3-2-4-6-15;1-8(6-11)10-4-2-9(7-12)3-5-10/h2-10,12-13H,11H2,1H3,(H,22,23);2-5,8H,6,11H2,1H3. The summed E-state index contributed by atoms with van der Waals surface area (Å²) in [5.41, 5.74) is 11.2. The molecule has 1 amide bonds. The van der Waals surface area contributed by atoms with E-state index in [1.807, 2.05) is 85.8 Å². The van der Waals surface area contributed by atoms with Crippen molar-refractivity contribution < 1.29 is 4.79 Å². The summed E-state index contributed by atoms with van der Waals surface area (Å²) >= 11 is 0. The van der Waals surface area contributed by atoms with Gasteiger partial charge in [0.15, 0.2) is 0 Å². The van der Waals surface area contributed by atoms with Crippen LogP contribution in [0.1, 0.15) is 35.4 Å². The molecule has 35 heavy (non-hydrogen) atoms. The van der Waals surface area contributed by atoms with Gasteiger partial charge in [0.25, 0.3) is 0 Å². The molecule has 0 aliphatic heterocycles. The van der Waals surface area contributed by atoms with Crippen LogP contribution >= 0.6 is 0 Å². The number of anilines is 1. The third kappa shape index (κ3) is 7.88. The zero-order valence-electron chi connectivity index (χ0n) is 20.0. The highest BCUT2D eigenvalue weighted by Crippen LogP contribution is 2.20. The molecular weight excluding hydrogens is 434 g/mol. The average molecular weight is 464 g/mol. The number of carbonyl (C=O) groups excluding carboxylic acids is 1. The van der Waals surface area contributed by atoms with Crippen molar-refractivity contribution in [2.24, 2.45) is 5.73 Å². The first-order chi connectivity index (χ1) is 17.0. The number of aryl methyl sites for hydroxylation is 1. The van der Waals surface area contributed by atoms with Crippen molar-refractivity contribution in [1.82, 2.24) is 9.97 Å². The summed E-state index contributed by atoms with van der Waals surface area (Å²) in [6.07, 6.45) is 3.96. The molecule has 0 radical (unpaired) electrons. The lowest BCUT2D eigenvalue weighted by Gasteiger charge is -2.07. The zero-order valence-corrected chi connectivity index (χ0v) is 20.0. The quantitative estimate of drug-likeness (QED) is 0.406.